The smallest absolute Gasteiger partial charge is 0.326 e. The van der Waals surface area contributed by atoms with Gasteiger partial charge in [0.05, 0.1) is 0 Å². The first-order valence-electron chi connectivity index (χ1n) is 6.46. The zero-order valence-corrected chi connectivity index (χ0v) is 12.7. The van der Waals surface area contributed by atoms with E-state index in [0.717, 1.165) is 5.56 Å². The Hall–Kier alpha value is -2.01. The van der Waals surface area contributed by atoms with E-state index in [1.165, 1.54) is 0 Å². The predicted molar refractivity (Wildman–Crippen MR) is 80.7 cm³/mol. The second-order valence-electron chi connectivity index (χ2n) is 4.46. The van der Waals surface area contributed by atoms with Crippen LogP contribution in [0.15, 0.2) is 30.4 Å². The standard InChI is InChI=1S/C15H18ClNO4/c1-3-4-5-13(15(19)20)17-14(18)9-21-11-6-7-12(16)10(2)8-11/h3-4,6-8,13H,5,9H2,1-2H3,(H,17,18)(H,19,20)/b4-3+. The third-order valence-electron chi connectivity index (χ3n) is 2.74. The largest absolute Gasteiger partial charge is 0.484 e. The number of aliphatic carboxylic acids is 1. The number of hydrogen-bond donors (Lipinski definition) is 2. The molecule has 21 heavy (non-hydrogen) atoms. The second kappa shape index (κ2) is 8.32. The Kier molecular flexibility index (Phi) is 6.75. The molecule has 0 saturated carbocycles. The fourth-order valence-corrected chi connectivity index (χ4v) is 1.70. The molecule has 0 spiro atoms. The number of allylic oxidation sites excluding steroid dienone is 1. The van der Waals surface area contributed by atoms with Gasteiger partial charge in [-0.15, -0.1) is 0 Å². The van der Waals surface area contributed by atoms with Crippen LogP contribution >= 0.6 is 11.6 Å². The number of amides is 1. The maximum absolute atomic E-state index is 11.7. The van der Waals surface area contributed by atoms with Crippen molar-refractivity contribution in [2.24, 2.45) is 0 Å². The van der Waals surface area contributed by atoms with Crippen LogP contribution in [0.4, 0.5) is 0 Å². The molecule has 6 heteroatoms. The number of hydrogen-bond acceptors (Lipinski definition) is 3. The van der Waals surface area contributed by atoms with E-state index in [1.807, 2.05) is 6.92 Å². The fraction of sp³-hybridized carbons (Fsp3) is 0.333. The highest BCUT2D eigenvalue weighted by Crippen LogP contribution is 2.20. The van der Waals surface area contributed by atoms with Crippen molar-refractivity contribution in [3.8, 4) is 5.75 Å². The summed E-state index contributed by atoms with van der Waals surface area (Å²) < 4.78 is 5.31. The Morgan fingerprint density at radius 3 is 2.76 bits per heavy atom. The average Bonchev–Trinajstić information content (AvgIpc) is 2.44. The molecule has 1 rings (SSSR count). The maximum atomic E-state index is 11.7. The summed E-state index contributed by atoms with van der Waals surface area (Å²) in [7, 11) is 0. The van der Waals surface area contributed by atoms with E-state index in [0.29, 0.717) is 10.8 Å². The van der Waals surface area contributed by atoms with E-state index in [9.17, 15) is 9.59 Å². The Balaban J connectivity index is 2.52. The van der Waals surface area contributed by atoms with E-state index in [2.05, 4.69) is 5.32 Å². The Morgan fingerprint density at radius 1 is 1.48 bits per heavy atom. The van der Waals surface area contributed by atoms with Gasteiger partial charge < -0.3 is 15.2 Å². The van der Waals surface area contributed by atoms with Gasteiger partial charge in [0.2, 0.25) is 0 Å². The number of ether oxygens (including phenoxy) is 1. The molecule has 0 radical (unpaired) electrons. The minimum Gasteiger partial charge on any atom is -0.484 e. The summed E-state index contributed by atoms with van der Waals surface area (Å²) in [5.41, 5.74) is 0.839. The topological polar surface area (TPSA) is 75.6 Å². The number of aryl methyl sites for hydroxylation is 1. The fourth-order valence-electron chi connectivity index (χ4n) is 1.59. The molecule has 0 aromatic heterocycles. The Labute approximate surface area is 128 Å². The molecule has 0 aliphatic rings. The van der Waals surface area contributed by atoms with Crippen molar-refractivity contribution in [2.75, 3.05) is 6.61 Å². The molecule has 5 nitrogen and oxygen atoms in total. The molecule has 0 aliphatic carbocycles. The molecule has 1 amide bonds. The highest BCUT2D eigenvalue weighted by atomic mass is 35.5. The van der Waals surface area contributed by atoms with Crippen LogP contribution in [-0.2, 0) is 9.59 Å². The summed E-state index contributed by atoms with van der Waals surface area (Å²) in [4.78, 5) is 22.7. The summed E-state index contributed by atoms with van der Waals surface area (Å²) >= 11 is 5.89. The Morgan fingerprint density at radius 2 is 2.19 bits per heavy atom. The van der Waals surface area contributed by atoms with Gasteiger partial charge in [-0.25, -0.2) is 4.79 Å². The zero-order valence-electron chi connectivity index (χ0n) is 11.9. The number of carbonyl (C=O) groups is 2. The van der Waals surface area contributed by atoms with Crippen LogP contribution in [0.3, 0.4) is 0 Å². The van der Waals surface area contributed by atoms with Crippen LogP contribution in [0.1, 0.15) is 18.9 Å². The minimum absolute atomic E-state index is 0.234. The summed E-state index contributed by atoms with van der Waals surface area (Å²) in [6.45, 7) is 3.36. The lowest BCUT2D eigenvalue weighted by molar-refractivity contribution is -0.142. The number of nitrogens with one attached hydrogen (secondary N) is 1. The SMILES string of the molecule is C/C=C/CC(NC(=O)COc1ccc(Cl)c(C)c1)C(=O)O. The van der Waals surface area contributed by atoms with E-state index < -0.39 is 17.9 Å². The summed E-state index contributed by atoms with van der Waals surface area (Å²) in [5, 5.41) is 12.0. The lowest BCUT2D eigenvalue weighted by atomic mass is 10.2. The van der Waals surface area contributed by atoms with Crippen molar-refractivity contribution in [1.29, 1.82) is 0 Å². The molecule has 0 fully saturated rings. The quantitative estimate of drug-likeness (QED) is 0.759. The van der Waals surface area contributed by atoms with Crippen molar-refractivity contribution in [3.05, 3.63) is 40.9 Å². The summed E-state index contributed by atoms with van der Waals surface area (Å²) in [5.74, 6) is -1.06. The van der Waals surface area contributed by atoms with Gasteiger partial charge in [-0.1, -0.05) is 23.8 Å². The van der Waals surface area contributed by atoms with Gasteiger partial charge in [0, 0.05) is 5.02 Å². The van der Waals surface area contributed by atoms with Crippen molar-refractivity contribution >= 4 is 23.5 Å². The van der Waals surface area contributed by atoms with Gasteiger partial charge in [-0.2, -0.15) is 0 Å². The maximum Gasteiger partial charge on any atom is 0.326 e. The van der Waals surface area contributed by atoms with E-state index >= 15 is 0 Å². The van der Waals surface area contributed by atoms with E-state index in [4.69, 9.17) is 21.4 Å². The van der Waals surface area contributed by atoms with Crippen LogP contribution in [0, 0.1) is 6.92 Å². The highest BCUT2D eigenvalue weighted by molar-refractivity contribution is 6.31. The van der Waals surface area contributed by atoms with Crippen molar-refractivity contribution in [1.82, 2.24) is 5.32 Å². The average molecular weight is 312 g/mol. The predicted octanol–water partition coefficient (Wildman–Crippen LogP) is 2.56. The molecular formula is C15H18ClNO4. The molecule has 1 aromatic carbocycles. The minimum atomic E-state index is -1.08. The number of benzene rings is 1. The number of carboxylic acid groups (broad SMARTS) is 1. The molecule has 2 N–H and O–H groups in total. The number of rotatable bonds is 7. The first-order valence-corrected chi connectivity index (χ1v) is 6.84. The molecule has 0 saturated heterocycles. The van der Waals surface area contributed by atoms with Crippen LogP contribution in [0.25, 0.3) is 0 Å². The highest BCUT2D eigenvalue weighted by Gasteiger charge is 2.18. The van der Waals surface area contributed by atoms with Crippen molar-refractivity contribution in [3.63, 3.8) is 0 Å². The Bertz CT molecular complexity index is 542. The van der Waals surface area contributed by atoms with Gasteiger partial charge in [0.15, 0.2) is 6.61 Å². The molecule has 0 aliphatic heterocycles. The van der Waals surface area contributed by atoms with Gasteiger partial charge >= 0.3 is 5.97 Å². The van der Waals surface area contributed by atoms with Crippen LogP contribution in [-0.4, -0.2) is 29.6 Å². The van der Waals surface area contributed by atoms with Crippen molar-refractivity contribution < 1.29 is 19.4 Å². The third-order valence-corrected chi connectivity index (χ3v) is 3.16. The summed E-state index contributed by atoms with van der Waals surface area (Å²) in [6.07, 6.45) is 3.65. The number of carbonyl (C=O) groups excluding carboxylic acids is 1. The van der Waals surface area contributed by atoms with Gasteiger partial charge in [-0.05, 0) is 44.0 Å². The monoisotopic (exact) mass is 311 g/mol. The third kappa shape index (κ3) is 5.87. The first kappa shape index (κ1) is 17.0. The molecule has 1 unspecified atom stereocenters. The van der Waals surface area contributed by atoms with Gasteiger partial charge in [-0.3, -0.25) is 4.79 Å². The van der Waals surface area contributed by atoms with Crippen LogP contribution in [0.2, 0.25) is 5.02 Å². The molecule has 0 heterocycles. The van der Waals surface area contributed by atoms with E-state index in [1.54, 1.807) is 37.3 Å². The molecule has 1 aromatic rings. The zero-order chi connectivity index (χ0) is 15.8. The molecule has 1 atom stereocenters. The second-order valence-corrected chi connectivity index (χ2v) is 4.87. The molecular weight excluding hydrogens is 294 g/mol. The van der Waals surface area contributed by atoms with Crippen molar-refractivity contribution in [2.45, 2.75) is 26.3 Å². The number of halogens is 1. The molecule has 114 valence electrons. The normalized spacial score (nSPS) is 12.1. The van der Waals surface area contributed by atoms with Gasteiger partial charge in [0.1, 0.15) is 11.8 Å². The lowest BCUT2D eigenvalue weighted by Gasteiger charge is -2.13. The molecule has 0 bridgehead atoms. The van der Waals surface area contributed by atoms with E-state index in [-0.39, 0.29) is 13.0 Å². The lowest BCUT2D eigenvalue weighted by Crippen LogP contribution is -2.42. The number of carboxylic acids is 1. The van der Waals surface area contributed by atoms with Crippen LogP contribution in [0.5, 0.6) is 5.75 Å². The van der Waals surface area contributed by atoms with Gasteiger partial charge in [0.25, 0.3) is 5.91 Å². The van der Waals surface area contributed by atoms with Crippen LogP contribution < -0.4 is 10.1 Å². The first-order chi connectivity index (χ1) is 9.93. The summed E-state index contributed by atoms with van der Waals surface area (Å²) in [6, 6.07) is 4.08.